The molecule has 0 unspecified atom stereocenters. The highest BCUT2D eigenvalue weighted by atomic mass is 32.1. The van der Waals surface area contributed by atoms with Gasteiger partial charge in [0.2, 0.25) is 0 Å². The maximum Gasteiger partial charge on any atom is 0.310 e. The largest absolute Gasteiger partial charge is 0.481 e. The molecular weight excluding hydrogens is 231 g/mol. The summed E-state index contributed by atoms with van der Waals surface area (Å²) in [4.78, 5) is 18.3. The maximum absolute atomic E-state index is 12.9. The molecule has 6 heteroatoms. The van der Waals surface area contributed by atoms with Crippen molar-refractivity contribution in [3.05, 3.63) is 34.7 Å². The van der Waals surface area contributed by atoms with Crippen LogP contribution in [0.15, 0.2) is 23.8 Å². The summed E-state index contributed by atoms with van der Waals surface area (Å²) in [5, 5.41) is 10.8. The molecule has 2 heterocycles. The van der Waals surface area contributed by atoms with Crippen molar-refractivity contribution in [1.29, 1.82) is 0 Å². The topological polar surface area (TPSA) is 63.1 Å². The summed E-state index contributed by atoms with van der Waals surface area (Å²) >= 11 is 1.24. The Bertz CT molecular complexity index is 527. The van der Waals surface area contributed by atoms with Crippen LogP contribution in [-0.4, -0.2) is 21.0 Å². The highest BCUT2D eigenvalue weighted by molar-refractivity contribution is 7.10. The lowest BCUT2D eigenvalue weighted by atomic mass is 10.2. The highest BCUT2D eigenvalue weighted by Gasteiger charge is 2.08. The number of carbonyl (C=O) groups is 1. The van der Waals surface area contributed by atoms with Crippen LogP contribution in [-0.2, 0) is 11.2 Å². The minimum Gasteiger partial charge on any atom is -0.481 e. The number of thiazole rings is 1. The molecule has 0 amide bonds. The lowest BCUT2D eigenvalue weighted by molar-refractivity contribution is -0.136. The Morgan fingerprint density at radius 3 is 3.00 bits per heavy atom. The first-order valence-corrected chi connectivity index (χ1v) is 5.30. The number of hydrogen-bond donors (Lipinski definition) is 1. The fraction of sp³-hybridized carbons (Fsp3) is 0.100. The van der Waals surface area contributed by atoms with Crippen molar-refractivity contribution >= 4 is 17.3 Å². The molecule has 0 saturated carbocycles. The van der Waals surface area contributed by atoms with Gasteiger partial charge in [-0.3, -0.25) is 9.78 Å². The van der Waals surface area contributed by atoms with Crippen LogP contribution < -0.4 is 0 Å². The van der Waals surface area contributed by atoms with Crippen LogP contribution in [0.1, 0.15) is 5.01 Å². The van der Waals surface area contributed by atoms with Gasteiger partial charge in [0.1, 0.15) is 10.8 Å². The van der Waals surface area contributed by atoms with Crippen LogP contribution >= 0.6 is 11.3 Å². The molecule has 2 aromatic rings. The Labute approximate surface area is 94.4 Å². The minimum atomic E-state index is -0.932. The number of nitrogens with zero attached hydrogens (tertiary/aromatic N) is 2. The lowest BCUT2D eigenvalue weighted by Crippen LogP contribution is -1.99. The van der Waals surface area contributed by atoms with Gasteiger partial charge in [0.25, 0.3) is 0 Å². The molecule has 0 spiro atoms. The van der Waals surface area contributed by atoms with Crippen molar-refractivity contribution in [3.63, 3.8) is 0 Å². The zero-order valence-electron chi connectivity index (χ0n) is 8.05. The molecule has 82 valence electrons. The van der Waals surface area contributed by atoms with Crippen molar-refractivity contribution in [1.82, 2.24) is 9.97 Å². The quantitative estimate of drug-likeness (QED) is 0.888. The van der Waals surface area contributed by atoms with Crippen LogP contribution in [0.4, 0.5) is 4.39 Å². The van der Waals surface area contributed by atoms with E-state index >= 15 is 0 Å². The van der Waals surface area contributed by atoms with Crippen LogP contribution in [0.2, 0.25) is 0 Å². The predicted octanol–water partition coefficient (Wildman–Crippen LogP) is 1.97. The molecule has 0 atom stereocenters. The summed E-state index contributed by atoms with van der Waals surface area (Å²) in [6.07, 6.45) is 2.48. The van der Waals surface area contributed by atoms with E-state index in [2.05, 4.69) is 9.97 Å². The van der Waals surface area contributed by atoms with Crippen molar-refractivity contribution in [2.45, 2.75) is 6.42 Å². The average molecular weight is 238 g/mol. The number of halogens is 1. The van der Waals surface area contributed by atoms with E-state index in [0.29, 0.717) is 16.3 Å². The minimum absolute atomic E-state index is 0.118. The second kappa shape index (κ2) is 4.36. The molecule has 2 rings (SSSR count). The second-order valence-electron chi connectivity index (χ2n) is 3.09. The smallest absolute Gasteiger partial charge is 0.310 e. The van der Waals surface area contributed by atoms with Crippen LogP contribution in [0, 0.1) is 5.82 Å². The van der Waals surface area contributed by atoms with Gasteiger partial charge in [0, 0.05) is 17.1 Å². The standard InChI is InChI=1S/C10H7FN2O2S/c11-7-1-6(3-12-4-7)8-5-16-9(13-8)2-10(14)15/h1,3-5H,2H2,(H,14,15). The predicted molar refractivity (Wildman–Crippen MR) is 56.6 cm³/mol. The number of pyridine rings is 1. The monoisotopic (exact) mass is 238 g/mol. The van der Waals surface area contributed by atoms with Crippen molar-refractivity contribution in [2.24, 2.45) is 0 Å². The molecule has 0 aliphatic carbocycles. The lowest BCUT2D eigenvalue weighted by Gasteiger charge is -1.94. The van der Waals surface area contributed by atoms with Crippen LogP contribution in [0.3, 0.4) is 0 Å². The fourth-order valence-corrected chi connectivity index (χ4v) is 2.00. The summed E-state index contributed by atoms with van der Waals surface area (Å²) in [6.45, 7) is 0. The zero-order chi connectivity index (χ0) is 11.5. The first-order chi connectivity index (χ1) is 7.65. The van der Waals surface area contributed by atoms with Gasteiger partial charge in [-0.15, -0.1) is 11.3 Å². The van der Waals surface area contributed by atoms with E-state index in [1.54, 1.807) is 5.38 Å². The Balaban J connectivity index is 2.28. The summed E-state index contributed by atoms with van der Waals surface area (Å²) in [6, 6.07) is 1.31. The number of carboxylic acid groups (broad SMARTS) is 1. The summed E-state index contributed by atoms with van der Waals surface area (Å²) in [5.74, 6) is -1.37. The third-order valence-corrected chi connectivity index (χ3v) is 2.70. The molecule has 0 bridgehead atoms. The highest BCUT2D eigenvalue weighted by Crippen LogP contribution is 2.21. The molecule has 0 aliphatic heterocycles. The van der Waals surface area contributed by atoms with Crippen molar-refractivity contribution in [3.8, 4) is 11.3 Å². The van der Waals surface area contributed by atoms with E-state index in [9.17, 15) is 9.18 Å². The van der Waals surface area contributed by atoms with Crippen molar-refractivity contribution in [2.75, 3.05) is 0 Å². The molecule has 1 N–H and O–H groups in total. The van der Waals surface area contributed by atoms with Gasteiger partial charge in [-0.05, 0) is 6.07 Å². The van der Waals surface area contributed by atoms with E-state index in [0.717, 1.165) is 6.20 Å². The molecule has 0 radical (unpaired) electrons. The van der Waals surface area contributed by atoms with Gasteiger partial charge in [-0.1, -0.05) is 0 Å². The van der Waals surface area contributed by atoms with E-state index in [4.69, 9.17) is 5.11 Å². The Morgan fingerprint density at radius 2 is 2.31 bits per heavy atom. The molecule has 0 fully saturated rings. The van der Waals surface area contributed by atoms with E-state index in [1.807, 2.05) is 0 Å². The molecule has 0 aliphatic rings. The average Bonchev–Trinajstić information content (AvgIpc) is 2.65. The summed E-state index contributed by atoms with van der Waals surface area (Å²) in [7, 11) is 0. The number of hydrogen-bond acceptors (Lipinski definition) is 4. The third-order valence-electron chi connectivity index (χ3n) is 1.85. The maximum atomic E-state index is 12.9. The number of aromatic nitrogens is 2. The van der Waals surface area contributed by atoms with Gasteiger partial charge in [-0.25, -0.2) is 9.37 Å². The Hall–Kier alpha value is -1.82. The zero-order valence-corrected chi connectivity index (χ0v) is 8.87. The van der Waals surface area contributed by atoms with Gasteiger partial charge in [0.05, 0.1) is 18.3 Å². The molecule has 4 nitrogen and oxygen atoms in total. The number of aliphatic carboxylic acids is 1. The molecule has 16 heavy (non-hydrogen) atoms. The van der Waals surface area contributed by atoms with Gasteiger partial charge >= 0.3 is 5.97 Å². The van der Waals surface area contributed by atoms with E-state index in [-0.39, 0.29) is 6.42 Å². The Kier molecular flexibility index (Phi) is 2.91. The normalized spacial score (nSPS) is 10.3. The van der Waals surface area contributed by atoms with Crippen LogP contribution in [0.5, 0.6) is 0 Å². The SMILES string of the molecule is O=C(O)Cc1nc(-c2cncc(F)c2)cs1. The molecule has 0 aromatic carbocycles. The van der Waals surface area contributed by atoms with Crippen LogP contribution in [0.25, 0.3) is 11.3 Å². The van der Waals surface area contributed by atoms with Gasteiger partial charge in [-0.2, -0.15) is 0 Å². The molecule has 0 saturated heterocycles. The first kappa shape index (κ1) is 10.7. The van der Waals surface area contributed by atoms with E-state index < -0.39 is 11.8 Å². The van der Waals surface area contributed by atoms with Crippen molar-refractivity contribution < 1.29 is 14.3 Å². The Morgan fingerprint density at radius 1 is 1.50 bits per heavy atom. The first-order valence-electron chi connectivity index (χ1n) is 4.42. The number of carboxylic acids is 1. The summed E-state index contributed by atoms with van der Waals surface area (Å²) in [5.41, 5.74) is 1.10. The van der Waals surface area contributed by atoms with Gasteiger partial charge < -0.3 is 5.11 Å². The van der Waals surface area contributed by atoms with Gasteiger partial charge in [0.15, 0.2) is 0 Å². The summed E-state index contributed by atoms with van der Waals surface area (Å²) < 4.78 is 12.9. The third kappa shape index (κ3) is 2.40. The second-order valence-corrected chi connectivity index (χ2v) is 4.03. The fourth-order valence-electron chi connectivity index (χ4n) is 1.21. The van der Waals surface area contributed by atoms with E-state index in [1.165, 1.54) is 23.6 Å². The molecule has 2 aromatic heterocycles. The molecular formula is C10H7FN2O2S. The number of rotatable bonds is 3.